The molecule has 0 saturated heterocycles. The summed E-state index contributed by atoms with van der Waals surface area (Å²) in [6.45, 7) is -0.284. The van der Waals surface area contributed by atoms with Gasteiger partial charge in [0.15, 0.2) is 22.3 Å². The van der Waals surface area contributed by atoms with Gasteiger partial charge < -0.3 is 41.2 Å². The zero-order valence-corrected chi connectivity index (χ0v) is 19.1. The zero-order chi connectivity index (χ0) is 26.2. The van der Waals surface area contributed by atoms with Crippen LogP contribution in [0.5, 0.6) is 0 Å². The molecule has 0 amide bonds. The maximum atomic E-state index is 11.5. The first-order chi connectivity index (χ1) is 17.3. The summed E-state index contributed by atoms with van der Waals surface area (Å²) in [4.78, 5) is 43.5. The van der Waals surface area contributed by atoms with E-state index in [-0.39, 0.29) is 73.2 Å². The number of aromatic amines is 2. The molecule has 0 aliphatic heterocycles. The normalized spacial score (nSPS) is 11.5. The monoisotopic (exact) mass is 508 g/mol. The summed E-state index contributed by atoms with van der Waals surface area (Å²) < 4.78 is 8.34. The van der Waals surface area contributed by atoms with Crippen molar-refractivity contribution < 1.29 is 25.2 Å². The van der Waals surface area contributed by atoms with E-state index in [9.17, 15) is 9.59 Å². The van der Waals surface area contributed by atoms with Crippen LogP contribution in [-0.4, -0.2) is 92.0 Å². The van der Waals surface area contributed by atoms with Gasteiger partial charge in [-0.1, -0.05) is 0 Å². The number of anilines is 2. The molecular weight excluding hydrogens is 480 g/mol. The van der Waals surface area contributed by atoms with Crippen LogP contribution in [0.1, 0.15) is 6.42 Å². The average molecular weight is 508 g/mol. The molecule has 4 heterocycles. The molecule has 0 saturated carbocycles. The fraction of sp³-hybridized carbons (Fsp3) is 0.474. The molecule has 17 heteroatoms. The molecule has 196 valence electrons. The maximum absolute atomic E-state index is 11.5. The van der Waals surface area contributed by atoms with Crippen LogP contribution in [0, 0.1) is 5.92 Å². The Morgan fingerprint density at radius 2 is 1.33 bits per heavy atom. The number of nitrogens with one attached hydrogen (secondary N) is 2. The summed E-state index contributed by atoms with van der Waals surface area (Å²) in [7, 11) is 0. The van der Waals surface area contributed by atoms with Gasteiger partial charge >= 0.3 is 0 Å². The van der Waals surface area contributed by atoms with Crippen molar-refractivity contribution in [3.05, 3.63) is 33.4 Å². The van der Waals surface area contributed by atoms with Crippen LogP contribution in [0.4, 0.5) is 11.9 Å². The number of aryl methyl sites for hydroxylation is 1. The zero-order valence-electron chi connectivity index (χ0n) is 19.1. The number of rotatable bonds is 10. The van der Waals surface area contributed by atoms with Gasteiger partial charge in [-0.2, -0.15) is 9.97 Å². The van der Waals surface area contributed by atoms with Crippen LogP contribution in [-0.2, 0) is 18.0 Å². The molecule has 4 aromatic rings. The summed E-state index contributed by atoms with van der Waals surface area (Å²) in [6.07, 6.45) is 2.74. The number of nitrogen functional groups attached to an aromatic ring is 2. The molecule has 0 aliphatic carbocycles. The number of ether oxygens (including phenoxy) is 1. The maximum Gasteiger partial charge on any atom is 0.280 e. The second-order valence-electron chi connectivity index (χ2n) is 7.70. The van der Waals surface area contributed by atoms with Crippen molar-refractivity contribution in [2.75, 3.05) is 37.9 Å². The fourth-order valence-corrected chi connectivity index (χ4v) is 3.11. The third-order valence-corrected chi connectivity index (χ3v) is 5.14. The van der Waals surface area contributed by atoms with Gasteiger partial charge in [0, 0.05) is 25.7 Å². The lowest BCUT2D eigenvalue weighted by Gasteiger charge is -2.12. The summed E-state index contributed by atoms with van der Waals surface area (Å²) in [5.41, 5.74) is 11.2. The van der Waals surface area contributed by atoms with Crippen molar-refractivity contribution in [3.8, 4) is 0 Å². The number of fused-ring (bicyclic) bond motifs is 2. The molecule has 0 spiro atoms. The molecule has 0 radical (unpaired) electrons. The lowest BCUT2D eigenvalue weighted by Crippen LogP contribution is -2.23. The minimum atomic E-state index is -0.693. The molecule has 4 rings (SSSR count). The van der Waals surface area contributed by atoms with E-state index < -0.39 is 11.7 Å². The quantitative estimate of drug-likeness (QED) is 0.104. The molecule has 4 aromatic heterocycles. The molecule has 0 aromatic carbocycles. The van der Waals surface area contributed by atoms with E-state index in [1.54, 1.807) is 4.57 Å². The second-order valence-corrected chi connectivity index (χ2v) is 7.70. The first-order valence-electron chi connectivity index (χ1n) is 10.8. The van der Waals surface area contributed by atoms with Crippen molar-refractivity contribution in [2.45, 2.75) is 25.8 Å². The predicted molar refractivity (Wildman–Crippen MR) is 126 cm³/mol. The molecule has 0 bridgehead atoms. The minimum absolute atomic E-state index is 0.00181. The number of aromatic nitrogens is 8. The molecule has 0 atom stereocenters. The van der Waals surface area contributed by atoms with Gasteiger partial charge in [-0.3, -0.25) is 24.1 Å². The van der Waals surface area contributed by atoms with Crippen molar-refractivity contribution >= 4 is 34.2 Å². The Balaban J connectivity index is 0.000000201. The van der Waals surface area contributed by atoms with E-state index >= 15 is 0 Å². The minimum Gasteiger partial charge on any atom is -0.396 e. The Kier molecular flexibility index (Phi) is 9.03. The van der Waals surface area contributed by atoms with Crippen molar-refractivity contribution in [2.24, 2.45) is 5.92 Å². The summed E-state index contributed by atoms with van der Waals surface area (Å²) in [5, 5.41) is 35.7. The molecule has 0 aliphatic rings. The first kappa shape index (κ1) is 26.7. The van der Waals surface area contributed by atoms with Gasteiger partial charge in [-0.05, 0) is 6.42 Å². The number of imidazole rings is 2. The van der Waals surface area contributed by atoms with E-state index in [1.165, 1.54) is 17.2 Å². The summed E-state index contributed by atoms with van der Waals surface area (Å²) >= 11 is 0. The number of hydrogen-bond acceptors (Lipinski definition) is 13. The molecule has 10 N–H and O–H groups in total. The highest BCUT2D eigenvalue weighted by Gasteiger charge is 2.12. The van der Waals surface area contributed by atoms with Crippen molar-refractivity contribution in [3.63, 3.8) is 0 Å². The molecule has 0 fully saturated rings. The molecule has 36 heavy (non-hydrogen) atoms. The molecular formula is C19H28N10O7. The number of hydrogen-bond donors (Lipinski definition) is 8. The Labute approximate surface area is 202 Å². The SMILES string of the molecule is Nc1nc2c(ncn2CCC(CO)CO)c(=O)[nH]1.Nc1nc2c(ncn2COC(CO)CO)c(=O)[nH]1. The third kappa shape index (κ3) is 6.20. The van der Waals surface area contributed by atoms with Gasteiger partial charge in [0.2, 0.25) is 11.9 Å². The van der Waals surface area contributed by atoms with Crippen LogP contribution >= 0.6 is 0 Å². The molecule has 0 unspecified atom stereocenters. The van der Waals surface area contributed by atoms with Gasteiger partial charge in [0.25, 0.3) is 11.1 Å². The average Bonchev–Trinajstić information content (AvgIpc) is 3.45. The number of aliphatic hydroxyl groups is 4. The second kappa shape index (κ2) is 12.2. The first-order valence-corrected chi connectivity index (χ1v) is 10.8. The number of nitrogens with two attached hydrogens (primary N) is 2. The van der Waals surface area contributed by atoms with Crippen LogP contribution < -0.4 is 22.6 Å². The lowest BCUT2D eigenvalue weighted by atomic mass is 10.1. The summed E-state index contributed by atoms with van der Waals surface area (Å²) in [5.74, 6) is -0.174. The topological polar surface area (TPSA) is 269 Å². The van der Waals surface area contributed by atoms with Crippen LogP contribution in [0.2, 0.25) is 0 Å². The highest BCUT2D eigenvalue weighted by molar-refractivity contribution is 5.71. The van der Waals surface area contributed by atoms with Crippen molar-refractivity contribution in [1.82, 2.24) is 39.0 Å². The number of H-pyrrole nitrogens is 2. The van der Waals surface area contributed by atoms with E-state index in [1.807, 2.05) is 0 Å². The Morgan fingerprint density at radius 1 is 0.833 bits per heavy atom. The summed E-state index contributed by atoms with van der Waals surface area (Å²) in [6, 6.07) is 0. The Bertz CT molecular complexity index is 1280. The van der Waals surface area contributed by atoms with Crippen LogP contribution in [0.25, 0.3) is 22.3 Å². The van der Waals surface area contributed by atoms with Crippen LogP contribution in [0.15, 0.2) is 22.2 Å². The molecule has 17 nitrogen and oxygen atoms in total. The third-order valence-electron chi connectivity index (χ3n) is 5.14. The largest absolute Gasteiger partial charge is 0.396 e. The van der Waals surface area contributed by atoms with E-state index in [0.717, 1.165) is 0 Å². The van der Waals surface area contributed by atoms with Gasteiger partial charge in [-0.15, -0.1) is 0 Å². The van der Waals surface area contributed by atoms with Crippen molar-refractivity contribution in [1.29, 1.82) is 0 Å². The van der Waals surface area contributed by atoms with Gasteiger partial charge in [0.05, 0.1) is 25.9 Å². The van der Waals surface area contributed by atoms with Crippen LogP contribution in [0.3, 0.4) is 0 Å². The highest BCUT2D eigenvalue weighted by atomic mass is 16.5. The van der Waals surface area contributed by atoms with E-state index in [4.69, 9.17) is 36.6 Å². The number of nitrogens with zero attached hydrogens (tertiary/aromatic N) is 6. The van der Waals surface area contributed by atoms with E-state index in [0.29, 0.717) is 18.6 Å². The number of aliphatic hydroxyl groups excluding tert-OH is 4. The van der Waals surface area contributed by atoms with E-state index in [2.05, 4.69) is 29.9 Å². The van der Waals surface area contributed by atoms with Gasteiger partial charge in [-0.25, -0.2) is 9.97 Å². The standard InChI is InChI=1S/C10H15N5O3.C9H13N5O4/c11-10-13-8-7(9(18)14-10)12-5-15(8)2-1-6(3-16)4-17;10-9-12-7-6(8(17)13-9)11-3-14(7)4-18-5(1-15)2-16/h5-6,16-17H,1-4H2,(H3,11,13,14,18);3,5,15-16H,1-2,4H2,(H3,10,12,13,17). The van der Waals surface area contributed by atoms with Gasteiger partial charge in [0.1, 0.15) is 12.8 Å². The Morgan fingerprint density at radius 3 is 1.83 bits per heavy atom. The highest BCUT2D eigenvalue weighted by Crippen LogP contribution is 2.10. The fourth-order valence-electron chi connectivity index (χ4n) is 3.11. The smallest absolute Gasteiger partial charge is 0.280 e. The lowest BCUT2D eigenvalue weighted by molar-refractivity contribution is -0.0488. The predicted octanol–water partition coefficient (Wildman–Crippen LogP) is -3.28. The Hall–Kier alpha value is -3.90.